The van der Waals surface area contributed by atoms with Crippen LogP contribution in [0.3, 0.4) is 0 Å². The van der Waals surface area contributed by atoms with Crippen LogP contribution in [0, 0.1) is 18.7 Å². The van der Waals surface area contributed by atoms with Crippen molar-refractivity contribution in [3.05, 3.63) is 41.3 Å². The number of aliphatic hydroxyl groups is 1. The monoisotopic (exact) mass is 290 g/mol. The molecule has 112 valence electrons. The number of pyridine rings is 1. The SMILES string of the molecule is Cc1cc(C(=O)NCC(C)CCO)c2ccc(F)cc2n1. The lowest BCUT2D eigenvalue weighted by molar-refractivity contribution is 0.0947. The molecule has 0 saturated carbocycles. The first-order valence-electron chi connectivity index (χ1n) is 6.97. The van der Waals surface area contributed by atoms with Crippen molar-refractivity contribution in [3.63, 3.8) is 0 Å². The number of aromatic nitrogens is 1. The highest BCUT2D eigenvalue weighted by atomic mass is 19.1. The van der Waals surface area contributed by atoms with Crippen LogP contribution in [0.5, 0.6) is 0 Å². The van der Waals surface area contributed by atoms with Crippen molar-refractivity contribution < 1.29 is 14.3 Å². The second-order valence-electron chi connectivity index (χ2n) is 5.30. The van der Waals surface area contributed by atoms with Crippen LogP contribution in [0.1, 0.15) is 29.4 Å². The Bertz CT molecular complexity index is 653. The Hall–Kier alpha value is -2.01. The molecule has 2 rings (SSSR count). The van der Waals surface area contributed by atoms with Crippen molar-refractivity contribution >= 4 is 16.8 Å². The van der Waals surface area contributed by atoms with Gasteiger partial charge in [-0.1, -0.05) is 6.92 Å². The largest absolute Gasteiger partial charge is 0.396 e. The van der Waals surface area contributed by atoms with Gasteiger partial charge in [-0.2, -0.15) is 0 Å². The predicted octanol–water partition coefficient (Wildman–Crippen LogP) is 2.43. The molecule has 0 saturated heterocycles. The van der Waals surface area contributed by atoms with Gasteiger partial charge >= 0.3 is 0 Å². The zero-order valence-electron chi connectivity index (χ0n) is 12.2. The molecule has 5 heteroatoms. The predicted molar refractivity (Wildman–Crippen MR) is 79.6 cm³/mol. The first kappa shape index (κ1) is 15.4. The van der Waals surface area contributed by atoms with Crippen LogP contribution in [0.25, 0.3) is 10.9 Å². The van der Waals surface area contributed by atoms with Gasteiger partial charge in [-0.05, 0) is 37.5 Å². The fraction of sp³-hybridized carbons (Fsp3) is 0.375. The van der Waals surface area contributed by atoms with Gasteiger partial charge in [-0.3, -0.25) is 9.78 Å². The molecule has 1 atom stereocenters. The third-order valence-electron chi connectivity index (χ3n) is 3.38. The highest BCUT2D eigenvalue weighted by Gasteiger charge is 2.13. The Morgan fingerprint density at radius 3 is 2.90 bits per heavy atom. The minimum atomic E-state index is -0.372. The van der Waals surface area contributed by atoms with E-state index in [-0.39, 0.29) is 24.2 Å². The van der Waals surface area contributed by atoms with Crippen LogP contribution in [-0.2, 0) is 0 Å². The molecule has 0 bridgehead atoms. The number of carbonyl (C=O) groups is 1. The molecule has 21 heavy (non-hydrogen) atoms. The quantitative estimate of drug-likeness (QED) is 0.889. The maximum atomic E-state index is 13.3. The van der Waals surface area contributed by atoms with Crippen LogP contribution in [0.4, 0.5) is 4.39 Å². The fourth-order valence-corrected chi connectivity index (χ4v) is 2.21. The normalized spacial score (nSPS) is 12.4. The zero-order valence-corrected chi connectivity index (χ0v) is 12.2. The van der Waals surface area contributed by atoms with Gasteiger partial charge in [-0.25, -0.2) is 4.39 Å². The summed E-state index contributed by atoms with van der Waals surface area (Å²) in [6, 6.07) is 5.92. The Labute approximate surface area is 123 Å². The van der Waals surface area contributed by atoms with Crippen LogP contribution >= 0.6 is 0 Å². The number of halogens is 1. The van der Waals surface area contributed by atoms with Gasteiger partial charge in [0.05, 0.1) is 11.1 Å². The topological polar surface area (TPSA) is 62.2 Å². The van der Waals surface area contributed by atoms with E-state index in [4.69, 9.17) is 5.11 Å². The molecule has 0 spiro atoms. The summed E-state index contributed by atoms with van der Waals surface area (Å²) in [5.74, 6) is -0.379. The number of rotatable bonds is 5. The summed E-state index contributed by atoms with van der Waals surface area (Å²) >= 11 is 0. The van der Waals surface area contributed by atoms with Crippen molar-refractivity contribution in [1.29, 1.82) is 0 Å². The second-order valence-corrected chi connectivity index (χ2v) is 5.30. The zero-order chi connectivity index (χ0) is 15.4. The van der Waals surface area contributed by atoms with Crippen molar-refractivity contribution in [2.75, 3.05) is 13.2 Å². The molecule has 1 amide bonds. The van der Waals surface area contributed by atoms with E-state index in [1.807, 2.05) is 6.92 Å². The van der Waals surface area contributed by atoms with Crippen LogP contribution < -0.4 is 5.32 Å². The van der Waals surface area contributed by atoms with Gasteiger partial charge in [0.2, 0.25) is 0 Å². The minimum absolute atomic E-state index is 0.105. The van der Waals surface area contributed by atoms with Gasteiger partial charge in [0.25, 0.3) is 5.91 Å². The summed E-state index contributed by atoms with van der Waals surface area (Å²) in [4.78, 5) is 16.6. The summed E-state index contributed by atoms with van der Waals surface area (Å²) < 4.78 is 13.3. The second kappa shape index (κ2) is 6.63. The molecule has 0 fully saturated rings. The number of hydrogen-bond acceptors (Lipinski definition) is 3. The summed E-state index contributed by atoms with van der Waals surface area (Å²) in [7, 11) is 0. The van der Waals surface area contributed by atoms with E-state index >= 15 is 0 Å². The number of aryl methyl sites for hydroxylation is 1. The number of carbonyl (C=O) groups excluding carboxylic acids is 1. The molecule has 1 aromatic heterocycles. The molecule has 1 aromatic carbocycles. The maximum Gasteiger partial charge on any atom is 0.252 e. The molecule has 1 unspecified atom stereocenters. The first-order chi connectivity index (χ1) is 10.0. The van der Waals surface area contributed by atoms with Crippen LogP contribution in [0.15, 0.2) is 24.3 Å². The summed E-state index contributed by atoms with van der Waals surface area (Å²) in [5.41, 5.74) is 1.64. The van der Waals surface area contributed by atoms with E-state index < -0.39 is 0 Å². The Morgan fingerprint density at radius 1 is 1.43 bits per heavy atom. The van der Waals surface area contributed by atoms with E-state index in [9.17, 15) is 9.18 Å². The van der Waals surface area contributed by atoms with Crippen LogP contribution in [-0.4, -0.2) is 29.1 Å². The molecule has 0 aliphatic rings. The first-order valence-corrected chi connectivity index (χ1v) is 6.97. The molecule has 0 aliphatic carbocycles. The molecule has 0 aliphatic heterocycles. The number of nitrogens with zero attached hydrogens (tertiary/aromatic N) is 1. The lowest BCUT2D eigenvalue weighted by atomic mass is 10.1. The number of fused-ring (bicyclic) bond motifs is 1. The Balaban J connectivity index is 2.26. The van der Waals surface area contributed by atoms with Crippen molar-refractivity contribution in [2.24, 2.45) is 5.92 Å². The molecular formula is C16H19FN2O2. The van der Waals surface area contributed by atoms with E-state index in [0.717, 1.165) is 0 Å². The molecule has 0 radical (unpaired) electrons. The van der Waals surface area contributed by atoms with E-state index in [0.29, 0.717) is 35.1 Å². The molecule has 2 N–H and O–H groups in total. The van der Waals surface area contributed by atoms with Gasteiger partial charge in [0.1, 0.15) is 5.82 Å². The van der Waals surface area contributed by atoms with Gasteiger partial charge < -0.3 is 10.4 Å². The fourth-order valence-electron chi connectivity index (χ4n) is 2.21. The molecule has 2 aromatic rings. The number of amides is 1. The maximum absolute atomic E-state index is 13.3. The lowest BCUT2D eigenvalue weighted by Gasteiger charge is -2.12. The Morgan fingerprint density at radius 2 is 2.19 bits per heavy atom. The highest BCUT2D eigenvalue weighted by Crippen LogP contribution is 2.19. The average molecular weight is 290 g/mol. The standard InChI is InChI=1S/C16H19FN2O2/c1-10(5-6-20)9-18-16(21)14-7-11(2)19-15-8-12(17)3-4-13(14)15/h3-4,7-8,10,20H,5-6,9H2,1-2H3,(H,18,21). The Kier molecular flexibility index (Phi) is 4.85. The summed E-state index contributed by atoms with van der Waals surface area (Å²) in [6.07, 6.45) is 0.640. The number of hydrogen-bond donors (Lipinski definition) is 2. The van der Waals surface area contributed by atoms with E-state index in [1.54, 1.807) is 19.1 Å². The lowest BCUT2D eigenvalue weighted by Crippen LogP contribution is -2.29. The van der Waals surface area contributed by atoms with E-state index in [2.05, 4.69) is 10.3 Å². The third-order valence-corrected chi connectivity index (χ3v) is 3.38. The third kappa shape index (κ3) is 3.76. The van der Waals surface area contributed by atoms with Gasteiger partial charge in [0, 0.05) is 30.3 Å². The van der Waals surface area contributed by atoms with E-state index in [1.165, 1.54) is 12.1 Å². The number of nitrogens with one attached hydrogen (secondary N) is 1. The summed E-state index contributed by atoms with van der Waals surface area (Å²) in [5, 5.41) is 12.3. The average Bonchev–Trinajstić information content (AvgIpc) is 2.43. The van der Waals surface area contributed by atoms with Crippen molar-refractivity contribution in [2.45, 2.75) is 20.3 Å². The smallest absolute Gasteiger partial charge is 0.252 e. The van der Waals surface area contributed by atoms with Gasteiger partial charge in [-0.15, -0.1) is 0 Å². The highest BCUT2D eigenvalue weighted by molar-refractivity contribution is 6.06. The molecular weight excluding hydrogens is 271 g/mol. The molecule has 1 heterocycles. The number of benzene rings is 1. The molecule has 4 nitrogen and oxygen atoms in total. The van der Waals surface area contributed by atoms with Crippen LogP contribution in [0.2, 0.25) is 0 Å². The number of aliphatic hydroxyl groups excluding tert-OH is 1. The van der Waals surface area contributed by atoms with Gasteiger partial charge in [0.15, 0.2) is 0 Å². The minimum Gasteiger partial charge on any atom is -0.396 e. The van der Waals surface area contributed by atoms with Crippen molar-refractivity contribution in [3.8, 4) is 0 Å². The van der Waals surface area contributed by atoms with Crippen molar-refractivity contribution in [1.82, 2.24) is 10.3 Å². The summed E-state index contributed by atoms with van der Waals surface area (Å²) in [6.45, 7) is 4.33.